The molecular formula is C19H19N7O2S. The lowest BCUT2D eigenvalue weighted by Crippen LogP contribution is -2.16. The van der Waals surface area contributed by atoms with Gasteiger partial charge < -0.3 is 10.3 Å². The van der Waals surface area contributed by atoms with Crippen LogP contribution in [0.15, 0.2) is 46.5 Å². The number of hydrogen-bond donors (Lipinski definition) is 2. The fourth-order valence-corrected chi connectivity index (χ4v) is 3.64. The molecule has 2 N–H and O–H groups in total. The van der Waals surface area contributed by atoms with Crippen LogP contribution in [0.5, 0.6) is 0 Å². The fourth-order valence-electron chi connectivity index (χ4n) is 2.99. The molecule has 9 nitrogen and oxygen atoms in total. The van der Waals surface area contributed by atoms with Crippen molar-refractivity contribution in [3.05, 3.63) is 58.3 Å². The SMILES string of the molecule is Cc1nn(C)c(C)c1NC(=O)CSc1nc2c(cnn2-c2ccccc2)c(=O)[nH]1. The number of rotatable bonds is 5. The van der Waals surface area contributed by atoms with Crippen molar-refractivity contribution in [3.8, 4) is 5.69 Å². The van der Waals surface area contributed by atoms with Gasteiger partial charge in [-0.1, -0.05) is 30.0 Å². The zero-order valence-corrected chi connectivity index (χ0v) is 16.9. The molecule has 0 saturated heterocycles. The molecule has 1 amide bonds. The molecule has 148 valence electrons. The fraction of sp³-hybridized carbons (Fsp3) is 0.211. The molecule has 0 aliphatic heterocycles. The quantitative estimate of drug-likeness (QED) is 0.386. The molecule has 0 unspecified atom stereocenters. The Labute approximate surface area is 170 Å². The van der Waals surface area contributed by atoms with Crippen LogP contribution in [-0.4, -0.2) is 41.2 Å². The molecule has 0 bridgehead atoms. The molecule has 10 heteroatoms. The summed E-state index contributed by atoms with van der Waals surface area (Å²) in [5, 5.41) is 12.2. The van der Waals surface area contributed by atoms with Gasteiger partial charge in [0.15, 0.2) is 10.8 Å². The second-order valence-corrected chi connectivity index (χ2v) is 7.47. The number of aryl methyl sites for hydroxylation is 2. The molecule has 29 heavy (non-hydrogen) atoms. The molecule has 0 aliphatic rings. The van der Waals surface area contributed by atoms with E-state index < -0.39 is 0 Å². The Kier molecular flexibility index (Phi) is 4.93. The van der Waals surface area contributed by atoms with Gasteiger partial charge in [0.25, 0.3) is 5.56 Å². The molecule has 3 heterocycles. The van der Waals surface area contributed by atoms with Crippen molar-refractivity contribution >= 4 is 34.4 Å². The van der Waals surface area contributed by atoms with E-state index in [1.807, 2.05) is 51.2 Å². The highest BCUT2D eigenvalue weighted by Crippen LogP contribution is 2.20. The monoisotopic (exact) mass is 409 g/mol. The maximum atomic E-state index is 12.4. The van der Waals surface area contributed by atoms with E-state index in [2.05, 4.69) is 25.5 Å². The molecule has 1 aromatic carbocycles. The Morgan fingerprint density at radius 1 is 1.24 bits per heavy atom. The van der Waals surface area contributed by atoms with Crippen LogP contribution in [0.2, 0.25) is 0 Å². The van der Waals surface area contributed by atoms with Crippen LogP contribution >= 0.6 is 11.8 Å². The first kappa shape index (κ1) is 18.9. The summed E-state index contributed by atoms with van der Waals surface area (Å²) >= 11 is 1.16. The standard InChI is InChI=1S/C19H19N7O2S/c1-11-16(12(2)25(3)24-11)21-15(27)10-29-19-22-17-14(18(28)23-19)9-20-26(17)13-7-5-4-6-8-13/h4-9H,10H2,1-3H3,(H,21,27)(H,22,23,28). The number of aromatic nitrogens is 6. The smallest absolute Gasteiger partial charge is 0.262 e. The van der Waals surface area contributed by atoms with Crippen LogP contribution in [-0.2, 0) is 11.8 Å². The predicted molar refractivity (Wildman–Crippen MR) is 112 cm³/mol. The second-order valence-electron chi connectivity index (χ2n) is 6.51. The van der Waals surface area contributed by atoms with Crippen molar-refractivity contribution in [1.82, 2.24) is 29.5 Å². The number of H-pyrrole nitrogens is 1. The Hall–Kier alpha value is -3.40. The number of para-hydroxylation sites is 1. The van der Waals surface area contributed by atoms with E-state index in [0.717, 1.165) is 28.8 Å². The molecule has 4 aromatic rings. The lowest BCUT2D eigenvalue weighted by atomic mass is 10.3. The minimum atomic E-state index is -0.293. The number of nitrogens with zero attached hydrogens (tertiary/aromatic N) is 5. The third kappa shape index (κ3) is 3.66. The number of benzene rings is 1. The van der Waals surface area contributed by atoms with Gasteiger partial charge in [-0.3, -0.25) is 14.3 Å². The van der Waals surface area contributed by atoms with Gasteiger partial charge in [-0.25, -0.2) is 9.67 Å². The van der Waals surface area contributed by atoms with Crippen LogP contribution in [0, 0.1) is 13.8 Å². The largest absolute Gasteiger partial charge is 0.322 e. The van der Waals surface area contributed by atoms with Crippen LogP contribution in [0.3, 0.4) is 0 Å². The Morgan fingerprint density at radius 2 is 2.00 bits per heavy atom. The van der Waals surface area contributed by atoms with Crippen LogP contribution < -0.4 is 10.9 Å². The number of anilines is 1. The van der Waals surface area contributed by atoms with Crippen molar-refractivity contribution in [1.29, 1.82) is 0 Å². The summed E-state index contributed by atoms with van der Waals surface area (Å²) in [6.45, 7) is 3.73. The van der Waals surface area contributed by atoms with Crippen molar-refractivity contribution in [2.24, 2.45) is 7.05 Å². The molecule has 0 saturated carbocycles. The summed E-state index contributed by atoms with van der Waals surface area (Å²) < 4.78 is 3.33. The lowest BCUT2D eigenvalue weighted by Gasteiger charge is -2.06. The first-order valence-electron chi connectivity index (χ1n) is 8.90. The number of thioether (sulfide) groups is 1. The van der Waals surface area contributed by atoms with E-state index in [-0.39, 0.29) is 17.2 Å². The maximum Gasteiger partial charge on any atom is 0.262 e. The normalized spacial score (nSPS) is 11.1. The van der Waals surface area contributed by atoms with Gasteiger partial charge in [0.2, 0.25) is 5.91 Å². The van der Waals surface area contributed by atoms with E-state index in [4.69, 9.17) is 0 Å². The van der Waals surface area contributed by atoms with Gasteiger partial charge in [0.05, 0.1) is 34.7 Å². The van der Waals surface area contributed by atoms with Crippen LogP contribution in [0.4, 0.5) is 5.69 Å². The summed E-state index contributed by atoms with van der Waals surface area (Å²) in [5.41, 5.74) is 3.29. The Morgan fingerprint density at radius 3 is 2.69 bits per heavy atom. The molecule has 0 atom stereocenters. The molecule has 0 radical (unpaired) electrons. The van der Waals surface area contributed by atoms with E-state index in [9.17, 15) is 9.59 Å². The summed E-state index contributed by atoms with van der Waals surface area (Å²) in [6.07, 6.45) is 1.49. The highest BCUT2D eigenvalue weighted by atomic mass is 32.2. The first-order valence-corrected chi connectivity index (χ1v) is 9.89. The minimum absolute atomic E-state index is 0.0989. The van der Waals surface area contributed by atoms with Crippen molar-refractivity contribution in [2.45, 2.75) is 19.0 Å². The van der Waals surface area contributed by atoms with Gasteiger partial charge in [-0.05, 0) is 26.0 Å². The van der Waals surface area contributed by atoms with E-state index in [0.29, 0.717) is 21.9 Å². The number of fused-ring (bicyclic) bond motifs is 1. The predicted octanol–water partition coefficient (Wildman–Crippen LogP) is 2.19. The summed E-state index contributed by atoms with van der Waals surface area (Å²) in [6, 6.07) is 9.44. The van der Waals surface area contributed by atoms with Gasteiger partial charge >= 0.3 is 0 Å². The molecule has 0 aliphatic carbocycles. The number of aromatic amines is 1. The summed E-state index contributed by atoms with van der Waals surface area (Å²) in [5.74, 6) is -0.102. The highest BCUT2D eigenvalue weighted by Gasteiger charge is 2.15. The van der Waals surface area contributed by atoms with Crippen LogP contribution in [0.1, 0.15) is 11.4 Å². The number of amides is 1. The average molecular weight is 409 g/mol. The number of hydrogen-bond acceptors (Lipinski definition) is 6. The zero-order chi connectivity index (χ0) is 20.5. The van der Waals surface area contributed by atoms with Crippen molar-refractivity contribution in [2.75, 3.05) is 11.1 Å². The number of carbonyl (C=O) groups is 1. The Balaban J connectivity index is 1.55. The van der Waals surface area contributed by atoms with Crippen molar-refractivity contribution in [3.63, 3.8) is 0 Å². The minimum Gasteiger partial charge on any atom is -0.322 e. The molecular weight excluding hydrogens is 390 g/mol. The zero-order valence-electron chi connectivity index (χ0n) is 16.1. The molecule has 0 fully saturated rings. The Bertz CT molecular complexity index is 1260. The first-order chi connectivity index (χ1) is 13.9. The van der Waals surface area contributed by atoms with Gasteiger partial charge in [-0.15, -0.1) is 0 Å². The topological polar surface area (TPSA) is 110 Å². The van der Waals surface area contributed by atoms with E-state index >= 15 is 0 Å². The summed E-state index contributed by atoms with van der Waals surface area (Å²) in [4.78, 5) is 32.0. The van der Waals surface area contributed by atoms with Crippen molar-refractivity contribution < 1.29 is 4.79 Å². The van der Waals surface area contributed by atoms with Gasteiger partial charge in [0, 0.05) is 7.05 Å². The van der Waals surface area contributed by atoms with Gasteiger partial charge in [-0.2, -0.15) is 10.2 Å². The number of nitrogens with one attached hydrogen (secondary N) is 2. The maximum absolute atomic E-state index is 12.4. The lowest BCUT2D eigenvalue weighted by molar-refractivity contribution is -0.113. The average Bonchev–Trinajstić information content (AvgIpc) is 3.24. The highest BCUT2D eigenvalue weighted by molar-refractivity contribution is 7.99. The van der Waals surface area contributed by atoms with E-state index in [1.165, 1.54) is 6.20 Å². The molecule has 3 aromatic heterocycles. The van der Waals surface area contributed by atoms with Crippen LogP contribution in [0.25, 0.3) is 16.7 Å². The molecule has 4 rings (SSSR count). The van der Waals surface area contributed by atoms with E-state index in [1.54, 1.807) is 9.36 Å². The third-order valence-corrected chi connectivity index (χ3v) is 5.40. The molecule has 0 spiro atoms. The summed E-state index contributed by atoms with van der Waals surface area (Å²) in [7, 11) is 1.83. The third-order valence-electron chi connectivity index (χ3n) is 4.53. The number of carbonyl (C=O) groups excluding carboxylic acids is 1. The second kappa shape index (κ2) is 7.55. The van der Waals surface area contributed by atoms with Gasteiger partial charge in [0.1, 0.15) is 5.39 Å².